The summed E-state index contributed by atoms with van der Waals surface area (Å²) < 4.78 is 47.5. The number of pyridine rings is 1. The lowest BCUT2D eigenvalue weighted by Crippen LogP contribution is -2.34. The molecule has 2 saturated carbocycles. The van der Waals surface area contributed by atoms with Crippen LogP contribution in [0.4, 0.5) is 13.2 Å². The predicted octanol–water partition coefficient (Wildman–Crippen LogP) is 5.55. The van der Waals surface area contributed by atoms with Gasteiger partial charge in [-0.15, -0.1) is 10.2 Å². The van der Waals surface area contributed by atoms with Gasteiger partial charge in [0.2, 0.25) is 0 Å². The zero-order valence-electron chi connectivity index (χ0n) is 22.2. The summed E-state index contributed by atoms with van der Waals surface area (Å²) in [5.41, 5.74) is -0.609. The van der Waals surface area contributed by atoms with Crippen LogP contribution in [-0.2, 0) is 19.8 Å². The zero-order chi connectivity index (χ0) is 26.6. The molecule has 4 heterocycles. The van der Waals surface area contributed by atoms with Crippen molar-refractivity contribution in [1.29, 1.82) is 0 Å². The summed E-state index contributed by atoms with van der Waals surface area (Å²) in [7, 11) is 1.98. The van der Waals surface area contributed by atoms with Crippen LogP contribution in [0, 0.1) is 11.8 Å². The molecule has 38 heavy (non-hydrogen) atoms. The summed E-state index contributed by atoms with van der Waals surface area (Å²) in [6.07, 6.45) is 9.49. The number of aryl methyl sites for hydroxylation is 1. The van der Waals surface area contributed by atoms with Crippen LogP contribution in [-0.4, -0.2) is 41.2 Å². The molecule has 4 atom stereocenters. The van der Waals surface area contributed by atoms with Crippen molar-refractivity contribution in [3.8, 4) is 0 Å². The van der Waals surface area contributed by atoms with E-state index in [2.05, 4.69) is 22.0 Å². The molecule has 3 fully saturated rings. The number of likely N-dealkylation sites (tertiary alicyclic amines) is 1. The van der Waals surface area contributed by atoms with Crippen molar-refractivity contribution in [3.63, 3.8) is 0 Å². The highest BCUT2D eigenvalue weighted by atomic mass is 19.4. The van der Waals surface area contributed by atoms with E-state index < -0.39 is 11.7 Å². The van der Waals surface area contributed by atoms with Crippen molar-refractivity contribution in [2.45, 2.75) is 95.4 Å². The van der Waals surface area contributed by atoms with E-state index in [1.54, 1.807) is 17.1 Å². The van der Waals surface area contributed by atoms with E-state index in [4.69, 9.17) is 0 Å². The number of rotatable bonds is 6. The maximum atomic E-state index is 14.2. The van der Waals surface area contributed by atoms with Gasteiger partial charge in [-0.05, 0) is 81.9 Å². The Morgan fingerprint density at radius 2 is 1.82 bits per heavy atom. The minimum atomic E-state index is -4.54. The fourth-order valence-corrected chi connectivity index (χ4v) is 7.28. The Morgan fingerprint density at radius 3 is 2.45 bits per heavy atom. The largest absolute Gasteiger partial charge is 0.418 e. The summed E-state index contributed by atoms with van der Waals surface area (Å²) >= 11 is 0. The predicted molar refractivity (Wildman–Crippen MR) is 138 cm³/mol. The van der Waals surface area contributed by atoms with Gasteiger partial charge in [0.15, 0.2) is 0 Å². The Labute approximate surface area is 220 Å². The van der Waals surface area contributed by atoms with Gasteiger partial charge in [0.05, 0.1) is 11.1 Å². The molecule has 206 valence electrons. The first-order valence-corrected chi connectivity index (χ1v) is 14.1. The highest BCUT2D eigenvalue weighted by molar-refractivity contribution is 5.56. The normalized spacial score (nSPS) is 26.2. The molecular weight excluding hydrogens is 493 g/mol. The van der Waals surface area contributed by atoms with Crippen molar-refractivity contribution < 1.29 is 13.2 Å². The van der Waals surface area contributed by atoms with Crippen molar-refractivity contribution in [2.75, 3.05) is 6.54 Å². The molecule has 3 aliphatic rings. The third-order valence-corrected chi connectivity index (χ3v) is 9.52. The number of alkyl halides is 3. The first kappa shape index (κ1) is 25.6. The average Bonchev–Trinajstić information content (AvgIpc) is 3.55. The molecule has 0 spiro atoms. The number of halogens is 3. The molecule has 1 saturated heterocycles. The molecule has 1 aliphatic heterocycles. The van der Waals surface area contributed by atoms with Crippen molar-refractivity contribution >= 4 is 5.52 Å². The Bertz CT molecular complexity index is 1350. The minimum Gasteiger partial charge on any atom is -0.320 e. The fraction of sp³-hybridized carbons (Fsp3) is 0.679. The summed E-state index contributed by atoms with van der Waals surface area (Å²) in [4.78, 5) is 15.8. The van der Waals surface area contributed by atoms with Gasteiger partial charge < -0.3 is 4.57 Å². The topological polar surface area (TPSA) is 60.4 Å². The standard InChI is InChI=1S/C28H37F3N6O/c1-18-6-5-11-35(18)14-19-12-23(28(29,30)31)24-16-36(27(38)37(24)15-19)22-10-4-9-21(13-22)25(20-7-3-8-20)26-33-32-17-34(26)2/h12,15-18,20-22,25H,3-11,13-14H2,1-2H3/t18-,21?,22?,25+/m1/s1. The molecule has 0 bridgehead atoms. The second kappa shape index (κ2) is 9.84. The van der Waals surface area contributed by atoms with Crippen LogP contribution in [0.15, 0.2) is 29.6 Å². The Hall–Kier alpha value is -2.62. The number of hydrogen-bond donors (Lipinski definition) is 0. The van der Waals surface area contributed by atoms with Crippen LogP contribution in [0.1, 0.15) is 93.6 Å². The summed E-state index contributed by atoms with van der Waals surface area (Å²) in [6, 6.07) is 1.45. The molecule has 7 nitrogen and oxygen atoms in total. The maximum absolute atomic E-state index is 14.2. The van der Waals surface area contributed by atoms with Gasteiger partial charge in [-0.3, -0.25) is 13.9 Å². The van der Waals surface area contributed by atoms with Gasteiger partial charge in [-0.25, -0.2) is 4.79 Å². The molecule has 0 amide bonds. The average molecular weight is 531 g/mol. The second-order valence-electron chi connectivity index (χ2n) is 11.9. The molecule has 2 unspecified atom stereocenters. The van der Waals surface area contributed by atoms with E-state index in [0.29, 0.717) is 30.0 Å². The minimum absolute atomic E-state index is 0.0494. The van der Waals surface area contributed by atoms with Crippen molar-refractivity contribution in [2.24, 2.45) is 18.9 Å². The van der Waals surface area contributed by atoms with E-state index in [9.17, 15) is 18.0 Å². The molecule has 3 aromatic rings. The van der Waals surface area contributed by atoms with E-state index in [1.165, 1.54) is 35.9 Å². The quantitative estimate of drug-likeness (QED) is 0.420. The molecule has 10 heteroatoms. The summed E-state index contributed by atoms with van der Waals surface area (Å²) in [5.74, 6) is 2.14. The lowest BCUT2D eigenvalue weighted by atomic mass is 9.66. The van der Waals surface area contributed by atoms with Gasteiger partial charge in [-0.1, -0.05) is 12.8 Å². The van der Waals surface area contributed by atoms with Gasteiger partial charge in [0.1, 0.15) is 12.2 Å². The number of hydrogen-bond acceptors (Lipinski definition) is 4. The Morgan fingerprint density at radius 1 is 1.05 bits per heavy atom. The van der Waals surface area contributed by atoms with E-state index in [-0.39, 0.29) is 23.2 Å². The van der Waals surface area contributed by atoms with Gasteiger partial charge in [0, 0.05) is 44.0 Å². The number of imidazole rings is 1. The lowest BCUT2D eigenvalue weighted by molar-refractivity contribution is -0.136. The maximum Gasteiger partial charge on any atom is 0.418 e. The summed E-state index contributed by atoms with van der Waals surface area (Å²) in [6.45, 7) is 3.40. The van der Waals surface area contributed by atoms with Crippen LogP contribution in [0.5, 0.6) is 0 Å². The van der Waals surface area contributed by atoms with Gasteiger partial charge in [0.25, 0.3) is 0 Å². The van der Waals surface area contributed by atoms with Crippen molar-refractivity contribution in [1.82, 2.24) is 28.6 Å². The smallest absolute Gasteiger partial charge is 0.320 e. The van der Waals surface area contributed by atoms with E-state index >= 15 is 0 Å². The Kier molecular flexibility index (Phi) is 6.64. The molecule has 0 radical (unpaired) electrons. The molecule has 2 aliphatic carbocycles. The van der Waals surface area contributed by atoms with Crippen LogP contribution < -0.4 is 5.69 Å². The number of nitrogens with zero attached hydrogens (tertiary/aromatic N) is 6. The fourth-order valence-electron chi connectivity index (χ4n) is 7.28. The van der Waals surface area contributed by atoms with Gasteiger partial charge in [-0.2, -0.15) is 13.2 Å². The van der Waals surface area contributed by atoms with Crippen LogP contribution in [0.2, 0.25) is 0 Å². The zero-order valence-corrected chi connectivity index (χ0v) is 22.2. The number of aromatic nitrogens is 5. The first-order chi connectivity index (χ1) is 18.2. The molecule has 0 aromatic carbocycles. The summed E-state index contributed by atoms with van der Waals surface area (Å²) in [5, 5.41) is 8.58. The monoisotopic (exact) mass is 530 g/mol. The second-order valence-corrected chi connectivity index (χ2v) is 11.9. The highest BCUT2D eigenvalue weighted by Crippen LogP contribution is 2.49. The highest BCUT2D eigenvalue weighted by Gasteiger charge is 2.40. The van der Waals surface area contributed by atoms with Crippen molar-refractivity contribution in [3.05, 3.63) is 52.2 Å². The van der Waals surface area contributed by atoms with Crippen LogP contribution in [0.3, 0.4) is 0 Å². The molecule has 3 aromatic heterocycles. The molecule has 0 N–H and O–H groups in total. The first-order valence-electron chi connectivity index (χ1n) is 14.1. The van der Waals surface area contributed by atoms with Gasteiger partial charge >= 0.3 is 11.9 Å². The molecular formula is C28H37F3N6O. The van der Waals surface area contributed by atoms with Crippen LogP contribution >= 0.6 is 0 Å². The number of fused-ring (bicyclic) bond motifs is 1. The van der Waals surface area contributed by atoms with Crippen LogP contribution in [0.25, 0.3) is 5.52 Å². The SMILES string of the molecule is C[C@@H]1CCCN1Cc1cc(C(F)(F)F)c2cn(C3CCCC([C@@H](c4nncn4C)C4CCC4)C3)c(=O)n2c1. The lowest BCUT2D eigenvalue weighted by Gasteiger charge is -2.41. The molecule has 6 rings (SSSR count). The third kappa shape index (κ3) is 4.58. The van der Waals surface area contributed by atoms with E-state index in [0.717, 1.165) is 50.9 Å². The Balaban J connectivity index is 1.34. The third-order valence-electron chi connectivity index (χ3n) is 9.52. The van der Waals surface area contributed by atoms with E-state index in [1.807, 2.05) is 11.6 Å².